The standard InChI is InChI=1S/C12H11ClF2N2O/c1-7-11(12(13)17(2)16-7)6-18-10-4-8(14)3-9(15)5-10/h3-5H,6H2,1-2H3. The monoisotopic (exact) mass is 272 g/mol. The molecule has 0 N–H and O–H groups in total. The molecule has 2 rings (SSSR count). The van der Waals surface area contributed by atoms with E-state index in [1.54, 1.807) is 14.0 Å². The van der Waals surface area contributed by atoms with Crippen molar-refractivity contribution in [3.63, 3.8) is 0 Å². The van der Waals surface area contributed by atoms with Crippen molar-refractivity contribution in [2.45, 2.75) is 13.5 Å². The SMILES string of the molecule is Cc1nn(C)c(Cl)c1COc1cc(F)cc(F)c1. The lowest BCUT2D eigenvalue weighted by Crippen LogP contribution is -1.98. The Kier molecular flexibility index (Phi) is 3.52. The smallest absolute Gasteiger partial charge is 0.133 e. The van der Waals surface area contributed by atoms with Crippen LogP contribution in [0.1, 0.15) is 11.3 Å². The summed E-state index contributed by atoms with van der Waals surface area (Å²) in [7, 11) is 1.71. The second-order valence-electron chi connectivity index (χ2n) is 3.87. The quantitative estimate of drug-likeness (QED) is 0.858. The summed E-state index contributed by atoms with van der Waals surface area (Å²) < 4.78 is 32.7. The van der Waals surface area contributed by atoms with Gasteiger partial charge >= 0.3 is 0 Å². The third-order valence-corrected chi connectivity index (χ3v) is 2.96. The largest absolute Gasteiger partial charge is 0.489 e. The highest BCUT2D eigenvalue weighted by atomic mass is 35.5. The number of halogens is 3. The summed E-state index contributed by atoms with van der Waals surface area (Å²) in [5.41, 5.74) is 1.42. The summed E-state index contributed by atoms with van der Waals surface area (Å²) in [5.74, 6) is -1.25. The Bertz CT molecular complexity index is 563. The lowest BCUT2D eigenvalue weighted by Gasteiger charge is -2.06. The summed E-state index contributed by atoms with van der Waals surface area (Å²) >= 11 is 6.02. The zero-order valence-corrected chi connectivity index (χ0v) is 10.6. The van der Waals surface area contributed by atoms with Crippen LogP contribution >= 0.6 is 11.6 Å². The fourth-order valence-electron chi connectivity index (χ4n) is 1.61. The van der Waals surface area contributed by atoms with Gasteiger partial charge in [-0.3, -0.25) is 4.68 Å². The van der Waals surface area contributed by atoms with E-state index in [2.05, 4.69) is 5.10 Å². The Balaban J connectivity index is 2.16. The van der Waals surface area contributed by atoms with Crippen LogP contribution in [0.25, 0.3) is 0 Å². The van der Waals surface area contributed by atoms with Gasteiger partial charge in [-0.25, -0.2) is 8.78 Å². The molecule has 0 aliphatic heterocycles. The normalized spacial score (nSPS) is 10.7. The van der Waals surface area contributed by atoms with E-state index < -0.39 is 11.6 Å². The van der Waals surface area contributed by atoms with Crippen molar-refractivity contribution in [2.24, 2.45) is 7.05 Å². The van der Waals surface area contributed by atoms with Gasteiger partial charge in [0.05, 0.1) is 5.69 Å². The molecule has 1 aromatic carbocycles. The van der Waals surface area contributed by atoms with Crippen molar-refractivity contribution in [1.82, 2.24) is 9.78 Å². The lowest BCUT2D eigenvalue weighted by atomic mass is 10.3. The lowest BCUT2D eigenvalue weighted by molar-refractivity contribution is 0.302. The zero-order valence-electron chi connectivity index (χ0n) is 9.88. The molecule has 0 radical (unpaired) electrons. The van der Waals surface area contributed by atoms with Gasteiger partial charge < -0.3 is 4.74 Å². The predicted octanol–water partition coefficient (Wildman–Crippen LogP) is 3.24. The fourth-order valence-corrected chi connectivity index (χ4v) is 1.83. The maximum absolute atomic E-state index is 13.0. The van der Waals surface area contributed by atoms with Crippen molar-refractivity contribution in [1.29, 1.82) is 0 Å². The van der Waals surface area contributed by atoms with Crippen LogP contribution in [-0.4, -0.2) is 9.78 Å². The molecule has 0 saturated carbocycles. The molecule has 3 nitrogen and oxygen atoms in total. The van der Waals surface area contributed by atoms with E-state index in [4.69, 9.17) is 16.3 Å². The minimum Gasteiger partial charge on any atom is -0.489 e. The first-order valence-corrected chi connectivity index (χ1v) is 5.62. The Labute approximate surface area is 108 Å². The molecule has 0 amide bonds. The van der Waals surface area contributed by atoms with Crippen molar-refractivity contribution < 1.29 is 13.5 Å². The maximum Gasteiger partial charge on any atom is 0.133 e. The Morgan fingerprint density at radius 2 is 1.89 bits per heavy atom. The van der Waals surface area contributed by atoms with Crippen LogP contribution in [0.4, 0.5) is 8.78 Å². The molecular formula is C12H11ClF2N2O. The van der Waals surface area contributed by atoms with Gasteiger partial charge in [0.15, 0.2) is 0 Å². The van der Waals surface area contributed by atoms with Gasteiger partial charge in [0, 0.05) is 30.8 Å². The number of ether oxygens (including phenoxy) is 1. The van der Waals surface area contributed by atoms with Crippen LogP contribution in [0, 0.1) is 18.6 Å². The van der Waals surface area contributed by atoms with E-state index in [9.17, 15) is 8.78 Å². The molecule has 96 valence electrons. The van der Waals surface area contributed by atoms with E-state index in [1.165, 1.54) is 4.68 Å². The molecule has 18 heavy (non-hydrogen) atoms. The number of hydrogen-bond acceptors (Lipinski definition) is 2. The highest BCUT2D eigenvalue weighted by Crippen LogP contribution is 2.22. The van der Waals surface area contributed by atoms with Crippen molar-refractivity contribution in [3.8, 4) is 5.75 Å². The third kappa shape index (κ3) is 2.61. The molecule has 0 atom stereocenters. The van der Waals surface area contributed by atoms with E-state index in [0.717, 1.165) is 23.9 Å². The van der Waals surface area contributed by atoms with E-state index >= 15 is 0 Å². The number of aryl methyl sites for hydroxylation is 2. The molecule has 0 unspecified atom stereocenters. The number of nitrogens with zero attached hydrogens (tertiary/aromatic N) is 2. The highest BCUT2D eigenvalue weighted by molar-refractivity contribution is 6.30. The molecule has 1 aromatic heterocycles. The van der Waals surface area contributed by atoms with Gasteiger partial charge in [-0.05, 0) is 6.92 Å². The van der Waals surface area contributed by atoms with Gasteiger partial charge in [0.2, 0.25) is 0 Å². The summed E-state index contributed by atoms with van der Waals surface area (Å²) in [6, 6.07) is 3.01. The van der Waals surface area contributed by atoms with Crippen LogP contribution in [-0.2, 0) is 13.7 Å². The number of benzene rings is 1. The van der Waals surface area contributed by atoms with Crippen LogP contribution in [0.3, 0.4) is 0 Å². The molecule has 6 heteroatoms. The fraction of sp³-hybridized carbons (Fsp3) is 0.250. The average Bonchev–Trinajstić information content (AvgIpc) is 2.50. The van der Waals surface area contributed by atoms with Gasteiger partial charge in [-0.2, -0.15) is 5.10 Å². The molecule has 0 fully saturated rings. The summed E-state index contributed by atoms with van der Waals surface area (Å²) in [4.78, 5) is 0. The third-order valence-electron chi connectivity index (χ3n) is 2.49. The molecular weight excluding hydrogens is 262 g/mol. The number of aromatic nitrogens is 2. The molecule has 0 spiro atoms. The minimum absolute atomic E-state index is 0.113. The summed E-state index contributed by atoms with van der Waals surface area (Å²) in [6.45, 7) is 1.90. The molecule has 2 aromatic rings. The molecule has 0 saturated heterocycles. The van der Waals surface area contributed by atoms with E-state index in [1.807, 2.05) is 0 Å². The topological polar surface area (TPSA) is 27.1 Å². The van der Waals surface area contributed by atoms with Crippen molar-refractivity contribution in [3.05, 3.63) is 46.2 Å². The van der Waals surface area contributed by atoms with Gasteiger partial charge in [-0.15, -0.1) is 0 Å². The van der Waals surface area contributed by atoms with Gasteiger partial charge in [0.25, 0.3) is 0 Å². The number of rotatable bonds is 3. The van der Waals surface area contributed by atoms with Crippen molar-refractivity contribution in [2.75, 3.05) is 0 Å². The van der Waals surface area contributed by atoms with E-state index in [-0.39, 0.29) is 12.4 Å². The molecule has 1 heterocycles. The molecule has 0 aliphatic rings. The van der Waals surface area contributed by atoms with Crippen LogP contribution in [0.5, 0.6) is 5.75 Å². The van der Waals surface area contributed by atoms with Crippen LogP contribution < -0.4 is 4.74 Å². The first-order chi connectivity index (χ1) is 8.47. The predicted molar refractivity (Wildman–Crippen MR) is 63.6 cm³/mol. The van der Waals surface area contributed by atoms with Crippen molar-refractivity contribution >= 4 is 11.6 Å². The van der Waals surface area contributed by atoms with Crippen LogP contribution in [0.15, 0.2) is 18.2 Å². The Morgan fingerprint density at radius 3 is 2.39 bits per heavy atom. The Morgan fingerprint density at radius 1 is 1.28 bits per heavy atom. The summed E-state index contributed by atoms with van der Waals surface area (Å²) in [5, 5.41) is 4.56. The van der Waals surface area contributed by atoms with Gasteiger partial charge in [0.1, 0.15) is 29.1 Å². The first-order valence-electron chi connectivity index (χ1n) is 5.24. The Hall–Kier alpha value is -1.62. The second-order valence-corrected chi connectivity index (χ2v) is 4.23. The summed E-state index contributed by atoms with van der Waals surface area (Å²) in [6.07, 6.45) is 0. The maximum atomic E-state index is 13.0. The highest BCUT2D eigenvalue weighted by Gasteiger charge is 2.12. The van der Waals surface area contributed by atoms with Gasteiger partial charge in [-0.1, -0.05) is 11.6 Å². The van der Waals surface area contributed by atoms with Crippen LogP contribution in [0.2, 0.25) is 5.15 Å². The second kappa shape index (κ2) is 4.94. The van der Waals surface area contributed by atoms with E-state index in [0.29, 0.717) is 10.7 Å². The zero-order chi connectivity index (χ0) is 13.3. The first kappa shape index (κ1) is 12.8. The average molecular weight is 273 g/mol. The molecule has 0 bridgehead atoms. The molecule has 0 aliphatic carbocycles. The minimum atomic E-state index is -0.681. The number of hydrogen-bond donors (Lipinski definition) is 0.